The Labute approximate surface area is 165 Å². The van der Waals surface area contributed by atoms with Crippen LogP contribution in [0.4, 0.5) is 0 Å². The van der Waals surface area contributed by atoms with Gasteiger partial charge in [0.2, 0.25) is 0 Å². The zero-order chi connectivity index (χ0) is 21.1. The van der Waals surface area contributed by atoms with Crippen molar-refractivity contribution in [3.8, 4) is 6.07 Å². The normalized spacial score (nSPS) is 23.1. The van der Waals surface area contributed by atoms with E-state index in [-0.39, 0.29) is 11.1 Å². The second kappa shape index (κ2) is 8.47. The smallest absolute Gasteiger partial charge is 0.330 e. The molecule has 1 aliphatic heterocycles. The van der Waals surface area contributed by atoms with Gasteiger partial charge in [0.1, 0.15) is 18.4 Å². The first-order valence-electron chi connectivity index (χ1n) is 9.28. The van der Waals surface area contributed by atoms with Crippen LogP contribution in [0.2, 0.25) is 18.1 Å². The van der Waals surface area contributed by atoms with Crippen LogP contribution < -0.4 is 11.2 Å². The van der Waals surface area contributed by atoms with E-state index < -0.39 is 31.9 Å². The molecule has 28 heavy (non-hydrogen) atoms. The molecular formula is C19H29N3O5Si. The Hall–Kier alpha value is -2.15. The zero-order valence-corrected chi connectivity index (χ0v) is 18.3. The quantitative estimate of drug-likeness (QED) is 0.441. The van der Waals surface area contributed by atoms with E-state index >= 15 is 0 Å². The molecule has 0 amide bonds. The van der Waals surface area contributed by atoms with E-state index in [1.165, 1.54) is 23.1 Å². The molecule has 3 atom stereocenters. The third-order valence-corrected chi connectivity index (χ3v) is 9.95. The first-order chi connectivity index (χ1) is 13.0. The maximum absolute atomic E-state index is 12.2. The number of hydrogen-bond acceptors (Lipinski definition) is 6. The van der Waals surface area contributed by atoms with Gasteiger partial charge in [0.05, 0.1) is 25.0 Å². The molecule has 1 fully saturated rings. The maximum atomic E-state index is 12.2. The van der Waals surface area contributed by atoms with Crippen LogP contribution in [0.1, 0.15) is 39.0 Å². The highest BCUT2D eigenvalue weighted by Gasteiger charge is 2.42. The number of allylic oxidation sites excluding steroid dienone is 1. The van der Waals surface area contributed by atoms with Crippen LogP contribution in [0.15, 0.2) is 28.1 Å². The summed E-state index contributed by atoms with van der Waals surface area (Å²) in [6.07, 6.45) is 3.10. The summed E-state index contributed by atoms with van der Waals surface area (Å²) < 4.78 is 19.4. The molecule has 154 valence electrons. The van der Waals surface area contributed by atoms with Crippen molar-refractivity contribution in [3.05, 3.63) is 44.9 Å². The van der Waals surface area contributed by atoms with Crippen molar-refractivity contribution < 1.29 is 13.9 Å². The average molecular weight is 408 g/mol. The molecule has 2 heterocycles. The minimum absolute atomic E-state index is 0.0506. The van der Waals surface area contributed by atoms with E-state index in [2.05, 4.69) is 38.8 Å². The van der Waals surface area contributed by atoms with E-state index in [0.29, 0.717) is 18.6 Å². The molecule has 0 unspecified atom stereocenters. The molecule has 2 rings (SSSR count). The van der Waals surface area contributed by atoms with Gasteiger partial charge in [-0.1, -0.05) is 20.8 Å². The van der Waals surface area contributed by atoms with Gasteiger partial charge in [-0.05, 0) is 25.1 Å². The minimum Gasteiger partial charge on any atom is -0.494 e. The number of rotatable bonds is 6. The average Bonchev–Trinajstić information content (AvgIpc) is 2.98. The molecule has 1 aromatic heterocycles. The number of nitrogens with one attached hydrogen (secondary N) is 1. The Morgan fingerprint density at radius 1 is 1.43 bits per heavy atom. The van der Waals surface area contributed by atoms with Crippen molar-refractivity contribution in [2.45, 2.75) is 70.7 Å². The summed E-state index contributed by atoms with van der Waals surface area (Å²) in [4.78, 5) is 26.1. The lowest BCUT2D eigenvalue weighted by Crippen LogP contribution is -2.44. The molecule has 9 heteroatoms. The van der Waals surface area contributed by atoms with Crippen molar-refractivity contribution >= 4 is 8.32 Å². The summed E-state index contributed by atoms with van der Waals surface area (Å²) >= 11 is 0. The Morgan fingerprint density at radius 3 is 2.71 bits per heavy atom. The van der Waals surface area contributed by atoms with Gasteiger partial charge < -0.3 is 13.9 Å². The van der Waals surface area contributed by atoms with Crippen molar-refractivity contribution in [3.63, 3.8) is 0 Å². The van der Waals surface area contributed by atoms with Crippen molar-refractivity contribution in [1.29, 1.82) is 5.26 Å². The second-order valence-electron chi connectivity index (χ2n) is 8.52. The number of aromatic amines is 1. The number of nitriles is 1. The van der Waals surface area contributed by atoms with Gasteiger partial charge in [0.25, 0.3) is 5.56 Å². The van der Waals surface area contributed by atoms with Crippen LogP contribution in [-0.2, 0) is 13.9 Å². The lowest BCUT2D eigenvalue weighted by atomic mass is 10.2. The van der Waals surface area contributed by atoms with Gasteiger partial charge in [-0.3, -0.25) is 14.3 Å². The number of H-pyrrole nitrogens is 1. The summed E-state index contributed by atoms with van der Waals surface area (Å²) in [5.41, 5.74) is -0.522. The predicted octanol–water partition coefficient (Wildman–Crippen LogP) is 2.58. The Kier molecular flexibility index (Phi) is 6.70. The predicted molar refractivity (Wildman–Crippen MR) is 107 cm³/mol. The fourth-order valence-electron chi connectivity index (χ4n) is 2.64. The van der Waals surface area contributed by atoms with Crippen LogP contribution >= 0.6 is 0 Å². The molecule has 1 aromatic rings. The lowest BCUT2D eigenvalue weighted by Gasteiger charge is -2.37. The van der Waals surface area contributed by atoms with Gasteiger partial charge >= 0.3 is 5.69 Å². The van der Waals surface area contributed by atoms with E-state index in [1.807, 2.05) is 6.07 Å². The molecule has 0 bridgehead atoms. The number of nitrogens with zero attached hydrogens (tertiary/aromatic N) is 2. The molecule has 0 radical (unpaired) electrons. The van der Waals surface area contributed by atoms with Crippen LogP contribution in [0.25, 0.3) is 0 Å². The second-order valence-corrected chi connectivity index (χ2v) is 13.3. The van der Waals surface area contributed by atoms with E-state index in [0.717, 1.165) is 0 Å². The number of hydrogen-bond donors (Lipinski definition) is 1. The molecule has 0 spiro atoms. The van der Waals surface area contributed by atoms with Crippen molar-refractivity contribution in [2.24, 2.45) is 0 Å². The highest BCUT2D eigenvalue weighted by molar-refractivity contribution is 6.74. The largest absolute Gasteiger partial charge is 0.494 e. The third kappa shape index (κ3) is 5.01. The third-order valence-electron chi connectivity index (χ3n) is 5.45. The summed E-state index contributed by atoms with van der Waals surface area (Å²) in [5, 5.41) is 8.73. The van der Waals surface area contributed by atoms with Gasteiger partial charge in [-0.15, -0.1) is 0 Å². The zero-order valence-electron chi connectivity index (χ0n) is 17.3. The highest BCUT2D eigenvalue weighted by atomic mass is 28.4. The topological polar surface area (TPSA) is 106 Å². The number of ether oxygens (including phenoxy) is 2. The summed E-state index contributed by atoms with van der Waals surface area (Å²) in [6.45, 7) is 12.7. The number of aromatic nitrogens is 2. The minimum atomic E-state index is -1.99. The lowest BCUT2D eigenvalue weighted by molar-refractivity contribution is -0.0454. The molecule has 1 aliphatic rings. The van der Waals surface area contributed by atoms with Gasteiger partial charge in [-0.25, -0.2) is 4.79 Å². The highest BCUT2D eigenvalue weighted by Crippen LogP contribution is 2.38. The van der Waals surface area contributed by atoms with Crippen LogP contribution in [0.5, 0.6) is 0 Å². The Bertz CT molecular complexity index is 875. The molecule has 0 aliphatic carbocycles. The molecule has 1 saturated heterocycles. The number of aryl methyl sites for hydroxylation is 1. The summed E-state index contributed by atoms with van der Waals surface area (Å²) in [5.74, 6) is 0. The van der Waals surface area contributed by atoms with Crippen molar-refractivity contribution in [1.82, 2.24) is 9.55 Å². The van der Waals surface area contributed by atoms with Gasteiger partial charge in [0.15, 0.2) is 8.32 Å². The SMILES string of the molecule is Cc1cn([C@H]2C[C@H](O/C=C\C#N)[C@@H](CO[Si](C)(C)C(C)(C)C)O2)c(=O)[nH]c1=O. The molecule has 8 nitrogen and oxygen atoms in total. The maximum Gasteiger partial charge on any atom is 0.330 e. The van der Waals surface area contributed by atoms with E-state index in [1.54, 1.807) is 6.92 Å². The molecule has 0 saturated carbocycles. The Morgan fingerprint density at radius 2 is 2.11 bits per heavy atom. The Balaban J connectivity index is 2.22. The van der Waals surface area contributed by atoms with E-state index in [9.17, 15) is 9.59 Å². The summed E-state index contributed by atoms with van der Waals surface area (Å²) in [7, 11) is -1.99. The van der Waals surface area contributed by atoms with Crippen LogP contribution in [0.3, 0.4) is 0 Å². The monoisotopic (exact) mass is 407 g/mol. The molecular weight excluding hydrogens is 378 g/mol. The first kappa shape index (κ1) is 22.1. The first-order valence-corrected chi connectivity index (χ1v) is 12.2. The molecule has 0 aromatic carbocycles. The van der Waals surface area contributed by atoms with E-state index in [4.69, 9.17) is 19.2 Å². The van der Waals surface area contributed by atoms with Gasteiger partial charge in [0, 0.05) is 18.2 Å². The molecule has 1 N–H and O–H groups in total. The fourth-order valence-corrected chi connectivity index (χ4v) is 3.66. The fraction of sp³-hybridized carbons (Fsp3) is 0.632. The summed E-state index contributed by atoms with van der Waals surface area (Å²) in [6, 6.07) is 1.88. The van der Waals surface area contributed by atoms with Crippen LogP contribution in [-0.4, -0.2) is 36.7 Å². The van der Waals surface area contributed by atoms with Gasteiger partial charge in [-0.2, -0.15) is 5.26 Å². The van der Waals surface area contributed by atoms with Crippen LogP contribution in [0, 0.1) is 18.3 Å². The van der Waals surface area contributed by atoms with Crippen molar-refractivity contribution in [2.75, 3.05) is 6.61 Å². The standard InChI is InChI=1S/C19H29N3O5Si/c1-13-11-22(18(24)21-17(13)23)16-10-14(25-9-7-8-20)15(27-16)12-26-28(5,6)19(2,3)4/h7,9,11,14-16H,10,12H2,1-6H3,(H,21,23,24)/b9-7-/t14-,15+,16+/m0/s1.